The lowest BCUT2D eigenvalue weighted by Crippen LogP contribution is -2.37. The second-order valence-corrected chi connectivity index (χ2v) is 7.48. The molecule has 4 aromatic rings. The maximum atomic E-state index is 6.19. The molecule has 162 valence electrons. The highest BCUT2D eigenvalue weighted by Gasteiger charge is 2.18. The zero-order valence-corrected chi connectivity index (χ0v) is 17.8. The van der Waals surface area contributed by atoms with Crippen molar-refractivity contribution in [3.05, 3.63) is 67.1 Å². The molecule has 0 spiro atoms. The fourth-order valence-electron chi connectivity index (χ4n) is 3.64. The lowest BCUT2D eigenvalue weighted by Gasteiger charge is -2.28. The van der Waals surface area contributed by atoms with Gasteiger partial charge in [0.15, 0.2) is 11.6 Å². The number of rotatable bonds is 4. The molecule has 9 heteroatoms. The van der Waals surface area contributed by atoms with E-state index in [1.165, 1.54) is 0 Å². The van der Waals surface area contributed by atoms with E-state index >= 15 is 0 Å². The van der Waals surface area contributed by atoms with Crippen molar-refractivity contribution in [1.82, 2.24) is 19.6 Å². The molecular weight excluding hydrogens is 404 g/mol. The van der Waals surface area contributed by atoms with Gasteiger partial charge < -0.3 is 20.3 Å². The summed E-state index contributed by atoms with van der Waals surface area (Å²) in [5, 5.41) is 4.71. The number of morpholine rings is 1. The average Bonchev–Trinajstić information content (AvgIpc) is 3.33. The van der Waals surface area contributed by atoms with Crippen LogP contribution in [0.15, 0.2) is 72.1 Å². The first-order chi connectivity index (χ1) is 15.7. The van der Waals surface area contributed by atoms with Gasteiger partial charge in [-0.15, -0.1) is 5.10 Å². The van der Waals surface area contributed by atoms with Crippen molar-refractivity contribution >= 4 is 28.7 Å². The van der Waals surface area contributed by atoms with Crippen LogP contribution in [0.5, 0.6) is 0 Å². The molecule has 0 radical (unpaired) electrons. The number of hydrogen-bond acceptors (Lipinski definition) is 6. The molecule has 1 aromatic carbocycles. The summed E-state index contributed by atoms with van der Waals surface area (Å²) in [6.07, 6.45) is 5.32. The van der Waals surface area contributed by atoms with Crippen LogP contribution in [0.3, 0.4) is 0 Å². The van der Waals surface area contributed by atoms with Crippen LogP contribution in [0.2, 0.25) is 0 Å². The van der Waals surface area contributed by atoms with E-state index in [0.717, 1.165) is 35.7 Å². The molecule has 0 unspecified atom stereocenters. The molecule has 4 heterocycles. The predicted molar refractivity (Wildman–Crippen MR) is 125 cm³/mol. The molecule has 32 heavy (non-hydrogen) atoms. The summed E-state index contributed by atoms with van der Waals surface area (Å²) >= 11 is 0. The summed E-state index contributed by atoms with van der Waals surface area (Å²) < 4.78 is 7.38. The van der Waals surface area contributed by atoms with E-state index in [1.54, 1.807) is 12.4 Å². The Balaban J connectivity index is 1.43. The fourth-order valence-corrected chi connectivity index (χ4v) is 3.64. The summed E-state index contributed by atoms with van der Waals surface area (Å²) in [4.78, 5) is 17.5. The number of nitrogens with zero attached hydrogens (tertiary/aromatic N) is 7. The van der Waals surface area contributed by atoms with Crippen LogP contribution in [0.4, 0.5) is 17.2 Å². The van der Waals surface area contributed by atoms with Crippen molar-refractivity contribution < 1.29 is 4.74 Å². The van der Waals surface area contributed by atoms with Crippen LogP contribution in [-0.4, -0.2) is 58.9 Å². The Labute approximate surface area is 185 Å². The quantitative estimate of drug-likeness (QED) is 0.394. The van der Waals surface area contributed by atoms with Gasteiger partial charge in [0.05, 0.1) is 25.1 Å². The number of hydrogen-bond donors (Lipinski definition) is 1. The Bertz CT molecular complexity index is 1230. The lowest BCUT2D eigenvalue weighted by atomic mass is 10.2. The number of ether oxygens (including phenoxy) is 1. The van der Waals surface area contributed by atoms with Crippen molar-refractivity contribution in [1.29, 1.82) is 0 Å². The predicted octanol–water partition coefficient (Wildman–Crippen LogP) is 2.71. The summed E-state index contributed by atoms with van der Waals surface area (Å²) in [5.41, 5.74) is 9.72. The van der Waals surface area contributed by atoms with Gasteiger partial charge in [-0.3, -0.25) is 4.98 Å². The molecule has 1 aliphatic rings. The van der Waals surface area contributed by atoms with Crippen molar-refractivity contribution in [2.24, 2.45) is 10.7 Å². The maximum absolute atomic E-state index is 6.19. The Morgan fingerprint density at radius 3 is 2.66 bits per heavy atom. The molecule has 0 bridgehead atoms. The third-order valence-corrected chi connectivity index (χ3v) is 5.43. The Morgan fingerprint density at radius 2 is 1.91 bits per heavy atom. The van der Waals surface area contributed by atoms with E-state index < -0.39 is 0 Å². The van der Waals surface area contributed by atoms with Gasteiger partial charge in [-0.25, -0.2) is 14.5 Å². The van der Waals surface area contributed by atoms with Gasteiger partial charge in [-0.05, 0) is 48.5 Å². The molecule has 9 nitrogen and oxygen atoms in total. The first-order valence-electron chi connectivity index (χ1n) is 10.5. The summed E-state index contributed by atoms with van der Waals surface area (Å²) in [5.74, 6) is 1.98. The van der Waals surface area contributed by atoms with Crippen LogP contribution in [-0.2, 0) is 4.74 Å². The minimum absolute atomic E-state index is 0.380. The lowest BCUT2D eigenvalue weighted by molar-refractivity contribution is 0.122. The molecule has 2 N–H and O–H groups in total. The second-order valence-electron chi connectivity index (χ2n) is 7.48. The summed E-state index contributed by atoms with van der Waals surface area (Å²) in [6, 6.07) is 15.7. The van der Waals surface area contributed by atoms with Gasteiger partial charge in [0.25, 0.3) is 0 Å². The van der Waals surface area contributed by atoms with E-state index in [9.17, 15) is 0 Å². The number of anilines is 2. The highest BCUT2D eigenvalue weighted by molar-refractivity contribution is 5.96. The number of fused-ring (bicyclic) bond motifs is 1. The smallest absolute Gasteiger partial charge is 0.200 e. The highest BCUT2D eigenvalue weighted by atomic mass is 16.5. The standard InChI is InChI=1S/C23H24N8O/c1-29(23(24)26-18-4-2-10-25-16-18)19-8-6-17(7-9-19)21-27-22(30-12-14-32-15-13-30)20-5-3-11-31(20)28-21/h2-11,16H,12-15H2,1H3,(H2,24,26). The largest absolute Gasteiger partial charge is 0.378 e. The molecule has 1 fully saturated rings. The molecule has 0 amide bonds. The van der Waals surface area contributed by atoms with E-state index in [0.29, 0.717) is 30.7 Å². The Hall–Kier alpha value is -3.98. The molecule has 0 atom stereocenters. The number of guanidine groups is 1. The normalized spacial score (nSPS) is 14.7. The van der Waals surface area contributed by atoms with Gasteiger partial charge in [-0.2, -0.15) is 0 Å². The molecule has 5 rings (SSSR count). The Kier molecular flexibility index (Phi) is 5.39. The number of aromatic nitrogens is 4. The number of benzene rings is 1. The van der Waals surface area contributed by atoms with Crippen LogP contribution in [0.25, 0.3) is 16.9 Å². The van der Waals surface area contributed by atoms with Crippen molar-refractivity contribution in [2.45, 2.75) is 0 Å². The zero-order chi connectivity index (χ0) is 21.9. The van der Waals surface area contributed by atoms with Gasteiger partial charge in [0, 0.05) is 43.8 Å². The van der Waals surface area contributed by atoms with E-state index in [2.05, 4.69) is 14.9 Å². The first-order valence-corrected chi connectivity index (χ1v) is 10.5. The maximum Gasteiger partial charge on any atom is 0.200 e. The first kappa shape index (κ1) is 20.0. The van der Waals surface area contributed by atoms with Crippen LogP contribution in [0.1, 0.15) is 0 Å². The minimum atomic E-state index is 0.380. The third kappa shape index (κ3) is 3.97. The van der Waals surface area contributed by atoms with Gasteiger partial charge in [-0.1, -0.05) is 0 Å². The van der Waals surface area contributed by atoms with Crippen LogP contribution < -0.4 is 15.5 Å². The van der Waals surface area contributed by atoms with Gasteiger partial charge in [0.2, 0.25) is 5.96 Å². The summed E-state index contributed by atoms with van der Waals surface area (Å²) in [6.45, 7) is 3.04. The van der Waals surface area contributed by atoms with E-state index in [4.69, 9.17) is 20.6 Å². The number of nitrogens with two attached hydrogens (primary N) is 1. The van der Waals surface area contributed by atoms with Crippen molar-refractivity contribution in [2.75, 3.05) is 43.2 Å². The third-order valence-electron chi connectivity index (χ3n) is 5.43. The average molecular weight is 429 g/mol. The second kappa shape index (κ2) is 8.64. The number of pyridine rings is 1. The molecule has 1 aliphatic heterocycles. The van der Waals surface area contributed by atoms with E-state index in [-0.39, 0.29) is 0 Å². The number of aliphatic imine (C=N–C) groups is 1. The zero-order valence-electron chi connectivity index (χ0n) is 17.8. The van der Waals surface area contributed by atoms with Crippen molar-refractivity contribution in [3.63, 3.8) is 0 Å². The fraction of sp³-hybridized carbons (Fsp3) is 0.217. The highest BCUT2D eigenvalue weighted by Crippen LogP contribution is 2.26. The molecular formula is C23H24N8O. The van der Waals surface area contributed by atoms with Crippen LogP contribution in [0, 0.1) is 0 Å². The monoisotopic (exact) mass is 428 g/mol. The topological polar surface area (TPSA) is 97.2 Å². The van der Waals surface area contributed by atoms with Crippen LogP contribution >= 0.6 is 0 Å². The van der Waals surface area contributed by atoms with E-state index in [1.807, 2.05) is 71.2 Å². The molecule has 3 aromatic heterocycles. The Morgan fingerprint density at radius 1 is 1.09 bits per heavy atom. The minimum Gasteiger partial charge on any atom is -0.378 e. The molecule has 0 saturated carbocycles. The van der Waals surface area contributed by atoms with Crippen molar-refractivity contribution in [3.8, 4) is 11.4 Å². The van der Waals surface area contributed by atoms with Gasteiger partial charge in [0.1, 0.15) is 5.52 Å². The molecule has 1 saturated heterocycles. The molecule has 0 aliphatic carbocycles. The summed E-state index contributed by atoms with van der Waals surface area (Å²) in [7, 11) is 1.88. The SMILES string of the molecule is CN(C(N)=Nc1cccnc1)c1ccc(-c2nc(N3CCOCC3)c3cccn3n2)cc1. The van der Waals surface area contributed by atoms with Gasteiger partial charge >= 0.3 is 0 Å².